The molecule has 2 saturated heterocycles. The van der Waals surface area contributed by atoms with E-state index in [0.29, 0.717) is 11.0 Å². The third-order valence-corrected chi connectivity index (χ3v) is 4.45. The monoisotopic (exact) mass is 274 g/mol. The fourth-order valence-electron chi connectivity index (χ4n) is 3.00. The molecule has 2 heterocycles. The highest BCUT2D eigenvalue weighted by atomic mass is 32.1. The van der Waals surface area contributed by atoms with E-state index in [9.17, 15) is 4.79 Å². The van der Waals surface area contributed by atoms with Crippen LogP contribution in [0.4, 0.5) is 0 Å². The van der Waals surface area contributed by atoms with Gasteiger partial charge in [-0.3, -0.25) is 4.79 Å². The van der Waals surface area contributed by atoms with Crippen LogP contribution in [-0.2, 0) is 4.79 Å². The number of hydrogen-bond donors (Lipinski definition) is 2. The second-order valence-electron chi connectivity index (χ2n) is 5.34. The lowest BCUT2D eigenvalue weighted by molar-refractivity contribution is -0.121. The smallest absolute Gasteiger partial charge is 0.169 e. The van der Waals surface area contributed by atoms with Crippen LogP contribution in [0.3, 0.4) is 0 Å². The number of carbonyl (C=O) groups is 1. The molecule has 19 heavy (non-hydrogen) atoms. The number of benzene rings is 1. The summed E-state index contributed by atoms with van der Waals surface area (Å²) in [4.78, 5) is 13.2. The standard InChI is InChI=1S/C15H18N2OS/c18-14-12(9-11-7-4-8-16-11)15(19)17-13(14)10-5-2-1-3-6-10/h1-3,5-6,11-13,16H,4,7-9H2,(H,17,19)/t11-,12?,13-/m0/s1. The summed E-state index contributed by atoms with van der Waals surface area (Å²) in [6.45, 7) is 1.06. The van der Waals surface area contributed by atoms with Gasteiger partial charge in [0.2, 0.25) is 0 Å². The van der Waals surface area contributed by atoms with Crippen LogP contribution in [0.5, 0.6) is 0 Å². The van der Waals surface area contributed by atoms with E-state index in [0.717, 1.165) is 24.9 Å². The van der Waals surface area contributed by atoms with Gasteiger partial charge < -0.3 is 10.6 Å². The Morgan fingerprint density at radius 1 is 1.26 bits per heavy atom. The van der Waals surface area contributed by atoms with E-state index in [1.165, 1.54) is 6.42 Å². The Bertz CT molecular complexity index is 482. The van der Waals surface area contributed by atoms with Crippen LogP contribution >= 0.6 is 12.2 Å². The van der Waals surface area contributed by atoms with Crippen molar-refractivity contribution in [3.8, 4) is 0 Å². The molecule has 1 aromatic carbocycles. The molecule has 2 aliphatic rings. The highest BCUT2D eigenvalue weighted by Crippen LogP contribution is 2.29. The lowest BCUT2D eigenvalue weighted by Crippen LogP contribution is -2.29. The first-order chi connectivity index (χ1) is 9.25. The van der Waals surface area contributed by atoms with E-state index < -0.39 is 0 Å². The normalized spacial score (nSPS) is 30.6. The Balaban J connectivity index is 1.73. The summed E-state index contributed by atoms with van der Waals surface area (Å²) in [5.41, 5.74) is 1.01. The topological polar surface area (TPSA) is 41.1 Å². The fraction of sp³-hybridized carbons (Fsp3) is 0.467. The van der Waals surface area contributed by atoms with E-state index in [-0.39, 0.29) is 17.7 Å². The molecule has 1 aromatic rings. The van der Waals surface area contributed by atoms with Crippen molar-refractivity contribution in [1.82, 2.24) is 10.6 Å². The number of hydrogen-bond acceptors (Lipinski definition) is 3. The Kier molecular flexibility index (Phi) is 3.62. The molecule has 0 aromatic heterocycles. The van der Waals surface area contributed by atoms with Crippen molar-refractivity contribution < 1.29 is 4.79 Å². The molecule has 4 heteroatoms. The number of rotatable bonds is 3. The van der Waals surface area contributed by atoms with E-state index in [4.69, 9.17) is 12.2 Å². The lowest BCUT2D eigenvalue weighted by Gasteiger charge is -2.14. The summed E-state index contributed by atoms with van der Waals surface area (Å²) in [7, 11) is 0. The second kappa shape index (κ2) is 5.39. The molecular weight excluding hydrogens is 256 g/mol. The highest BCUT2D eigenvalue weighted by Gasteiger charge is 2.40. The van der Waals surface area contributed by atoms with Gasteiger partial charge in [0.25, 0.3) is 0 Å². The third kappa shape index (κ3) is 2.55. The van der Waals surface area contributed by atoms with Gasteiger partial charge in [0.1, 0.15) is 6.04 Å². The second-order valence-corrected chi connectivity index (χ2v) is 5.78. The zero-order valence-corrected chi connectivity index (χ0v) is 11.6. The molecule has 0 amide bonds. The average Bonchev–Trinajstić information content (AvgIpc) is 3.03. The zero-order chi connectivity index (χ0) is 13.2. The van der Waals surface area contributed by atoms with Gasteiger partial charge in [0.05, 0.1) is 10.9 Å². The number of ketones is 1. The van der Waals surface area contributed by atoms with Gasteiger partial charge >= 0.3 is 0 Å². The lowest BCUT2D eigenvalue weighted by atomic mass is 9.92. The van der Waals surface area contributed by atoms with Crippen LogP contribution in [-0.4, -0.2) is 23.4 Å². The SMILES string of the molecule is O=C1C(C[C@@H]2CCCN2)C(=S)N[C@H]1c1ccccc1. The maximum Gasteiger partial charge on any atom is 0.169 e. The third-order valence-electron chi connectivity index (χ3n) is 4.05. The summed E-state index contributed by atoms with van der Waals surface area (Å²) in [5, 5.41) is 6.64. The average molecular weight is 274 g/mol. The largest absolute Gasteiger partial charge is 0.366 e. The van der Waals surface area contributed by atoms with Gasteiger partial charge in [-0.2, -0.15) is 0 Å². The van der Waals surface area contributed by atoms with Crippen molar-refractivity contribution in [2.24, 2.45) is 5.92 Å². The van der Waals surface area contributed by atoms with E-state index in [2.05, 4.69) is 10.6 Å². The van der Waals surface area contributed by atoms with Crippen molar-refractivity contribution in [1.29, 1.82) is 0 Å². The van der Waals surface area contributed by atoms with Crippen LogP contribution in [0.25, 0.3) is 0 Å². The Hall–Kier alpha value is -1.26. The number of Topliss-reactive ketones (excluding diaryl/α,β-unsaturated/α-hetero) is 1. The number of carbonyl (C=O) groups excluding carboxylic acids is 1. The molecule has 0 saturated carbocycles. The van der Waals surface area contributed by atoms with Crippen LogP contribution in [0, 0.1) is 5.92 Å². The molecule has 0 aliphatic carbocycles. The quantitative estimate of drug-likeness (QED) is 0.827. The van der Waals surface area contributed by atoms with Gasteiger partial charge in [-0.05, 0) is 31.4 Å². The molecule has 100 valence electrons. The Morgan fingerprint density at radius 2 is 2.05 bits per heavy atom. The summed E-state index contributed by atoms with van der Waals surface area (Å²) in [6.07, 6.45) is 3.20. The molecule has 0 spiro atoms. The molecule has 1 unspecified atom stereocenters. The molecule has 3 atom stereocenters. The minimum absolute atomic E-state index is 0.115. The predicted molar refractivity (Wildman–Crippen MR) is 79.1 cm³/mol. The van der Waals surface area contributed by atoms with Gasteiger partial charge in [-0.1, -0.05) is 42.5 Å². The van der Waals surface area contributed by atoms with Crippen molar-refractivity contribution in [2.45, 2.75) is 31.3 Å². The van der Waals surface area contributed by atoms with Crippen LogP contribution in [0.15, 0.2) is 30.3 Å². The summed E-state index contributed by atoms with van der Waals surface area (Å²) in [6, 6.07) is 10.0. The van der Waals surface area contributed by atoms with Crippen molar-refractivity contribution in [3.05, 3.63) is 35.9 Å². The van der Waals surface area contributed by atoms with Crippen molar-refractivity contribution in [3.63, 3.8) is 0 Å². The predicted octanol–water partition coefficient (Wildman–Crippen LogP) is 1.99. The summed E-state index contributed by atoms with van der Waals surface area (Å²) >= 11 is 5.37. The zero-order valence-electron chi connectivity index (χ0n) is 10.8. The fourth-order valence-corrected chi connectivity index (χ4v) is 3.33. The maximum atomic E-state index is 12.5. The minimum Gasteiger partial charge on any atom is -0.366 e. The molecule has 3 rings (SSSR count). The van der Waals surface area contributed by atoms with Crippen LogP contribution in [0.2, 0.25) is 0 Å². The molecule has 0 radical (unpaired) electrons. The first-order valence-electron chi connectivity index (χ1n) is 6.88. The number of nitrogens with one attached hydrogen (secondary N) is 2. The highest BCUT2D eigenvalue weighted by molar-refractivity contribution is 7.80. The maximum absolute atomic E-state index is 12.5. The van der Waals surface area contributed by atoms with Crippen molar-refractivity contribution in [2.75, 3.05) is 6.54 Å². The van der Waals surface area contributed by atoms with Crippen molar-refractivity contribution >= 4 is 23.0 Å². The molecule has 2 fully saturated rings. The van der Waals surface area contributed by atoms with Gasteiger partial charge in [0, 0.05) is 6.04 Å². The summed E-state index contributed by atoms with van der Waals surface area (Å²) in [5.74, 6) is 0.112. The Morgan fingerprint density at radius 3 is 2.74 bits per heavy atom. The molecule has 3 nitrogen and oxygen atoms in total. The van der Waals surface area contributed by atoms with Crippen LogP contribution in [0.1, 0.15) is 30.9 Å². The van der Waals surface area contributed by atoms with Gasteiger partial charge in [0.15, 0.2) is 5.78 Å². The van der Waals surface area contributed by atoms with E-state index in [1.54, 1.807) is 0 Å². The van der Waals surface area contributed by atoms with E-state index in [1.807, 2.05) is 30.3 Å². The summed E-state index contributed by atoms with van der Waals surface area (Å²) < 4.78 is 0. The molecule has 0 bridgehead atoms. The minimum atomic E-state index is -0.250. The molecular formula is C15H18N2OS. The first-order valence-corrected chi connectivity index (χ1v) is 7.29. The van der Waals surface area contributed by atoms with E-state index >= 15 is 0 Å². The van der Waals surface area contributed by atoms with Gasteiger partial charge in [-0.15, -0.1) is 0 Å². The number of thiocarbonyl (C=S) groups is 1. The Labute approximate surface area is 118 Å². The van der Waals surface area contributed by atoms with Crippen LogP contribution < -0.4 is 10.6 Å². The first kappa shape index (κ1) is 12.8. The molecule has 2 N–H and O–H groups in total. The molecule has 2 aliphatic heterocycles. The van der Waals surface area contributed by atoms with Gasteiger partial charge in [-0.25, -0.2) is 0 Å².